The van der Waals surface area contributed by atoms with Gasteiger partial charge in [0.25, 0.3) is 0 Å². The number of nitrogens with zero attached hydrogens (tertiary/aromatic N) is 3. The Morgan fingerprint density at radius 2 is 1.74 bits per heavy atom. The van der Waals surface area contributed by atoms with Crippen molar-refractivity contribution in [1.29, 1.82) is 0 Å². The van der Waals surface area contributed by atoms with E-state index in [4.69, 9.17) is 4.74 Å². The van der Waals surface area contributed by atoms with Gasteiger partial charge in [0.15, 0.2) is 0 Å². The molecule has 0 saturated carbocycles. The van der Waals surface area contributed by atoms with Crippen molar-refractivity contribution in [3.05, 3.63) is 35.6 Å². The lowest BCUT2D eigenvalue weighted by Crippen LogP contribution is -2.46. The Hall–Kier alpha value is -1.59. The lowest BCUT2D eigenvalue weighted by Gasteiger charge is -2.30. The van der Waals surface area contributed by atoms with Crippen molar-refractivity contribution in [3.63, 3.8) is 0 Å². The monoisotopic (exact) mass is 477 g/mol. The van der Waals surface area contributed by atoms with Gasteiger partial charge in [0.2, 0.25) is 5.91 Å². The molecule has 5 nitrogen and oxygen atoms in total. The van der Waals surface area contributed by atoms with Crippen molar-refractivity contribution in [2.75, 3.05) is 53.4 Å². The Kier molecular flexibility index (Phi) is 18.8. The van der Waals surface area contributed by atoms with E-state index in [0.29, 0.717) is 24.4 Å². The highest BCUT2D eigenvalue weighted by atomic mass is 16.5. The fraction of sp³-hybridized carbons (Fsp3) is 0.759. The smallest absolute Gasteiger partial charge is 0.236 e. The molecule has 34 heavy (non-hydrogen) atoms. The fourth-order valence-corrected chi connectivity index (χ4v) is 4.17. The molecule has 0 radical (unpaired) electrons. The molecular formula is C29H55N3O2. The van der Waals surface area contributed by atoms with Crippen LogP contribution in [0.1, 0.15) is 80.6 Å². The third-order valence-corrected chi connectivity index (χ3v) is 6.55. The number of rotatable bonds is 15. The second-order valence-corrected chi connectivity index (χ2v) is 9.11. The van der Waals surface area contributed by atoms with Gasteiger partial charge in [-0.15, -0.1) is 0 Å². The van der Waals surface area contributed by atoms with Gasteiger partial charge in [0.05, 0.1) is 13.7 Å². The molecule has 0 aromatic carbocycles. The second kappa shape index (κ2) is 19.7. The maximum atomic E-state index is 13.2. The average Bonchev–Trinajstić information content (AvgIpc) is 3.22. The maximum Gasteiger partial charge on any atom is 0.236 e. The first kappa shape index (κ1) is 32.4. The van der Waals surface area contributed by atoms with Crippen LogP contribution >= 0.6 is 0 Å². The summed E-state index contributed by atoms with van der Waals surface area (Å²) < 4.78 is 5.49. The lowest BCUT2D eigenvalue weighted by atomic mass is 10.0. The number of hydrogen-bond donors (Lipinski definition) is 0. The van der Waals surface area contributed by atoms with Crippen molar-refractivity contribution in [2.24, 2.45) is 5.92 Å². The highest BCUT2D eigenvalue weighted by molar-refractivity contribution is 5.78. The Labute approximate surface area is 211 Å². The number of amides is 1. The Morgan fingerprint density at radius 3 is 2.24 bits per heavy atom. The molecule has 0 aromatic heterocycles. The number of likely N-dealkylation sites (tertiary alicyclic amines) is 1. The molecule has 2 unspecified atom stereocenters. The molecule has 1 amide bonds. The van der Waals surface area contributed by atoms with Crippen molar-refractivity contribution in [2.45, 2.75) is 86.6 Å². The molecule has 1 aliphatic heterocycles. The minimum absolute atomic E-state index is 0.297. The molecule has 1 rings (SSSR count). The van der Waals surface area contributed by atoms with Crippen LogP contribution in [0.3, 0.4) is 0 Å². The highest BCUT2D eigenvalue weighted by Crippen LogP contribution is 2.25. The summed E-state index contributed by atoms with van der Waals surface area (Å²) in [6.07, 6.45) is 14.0. The number of methoxy groups -OCH3 is 1. The van der Waals surface area contributed by atoms with Crippen LogP contribution in [0, 0.1) is 5.92 Å². The van der Waals surface area contributed by atoms with E-state index < -0.39 is 0 Å². The van der Waals surface area contributed by atoms with Crippen molar-refractivity contribution >= 4 is 5.91 Å². The van der Waals surface area contributed by atoms with E-state index in [9.17, 15) is 4.79 Å². The standard InChI is InChI=1S/C27H49N3O2.C2H6/c1-8-12-17-29(18-13-9-2)27(31)22-30-20-24(19-25(30)21-28(6)11-4)15-14-16-26(32-7)23(5)10-3;1-2/h10,14-16,24-25H,8-9,11-13,17-22H2,1-7H3;1-2H3/b15-14+,23-10-,26-16+;. The van der Waals surface area contributed by atoms with Crippen LogP contribution < -0.4 is 0 Å². The summed E-state index contributed by atoms with van der Waals surface area (Å²) in [5.74, 6) is 1.66. The molecule has 198 valence electrons. The van der Waals surface area contributed by atoms with Gasteiger partial charge in [0, 0.05) is 32.2 Å². The second-order valence-electron chi connectivity index (χ2n) is 9.11. The van der Waals surface area contributed by atoms with Gasteiger partial charge >= 0.3 is 0 Å². The van der Waals surface area contributed by atoms with Crippen LogP contribution in [0.25, 0.3) is 0 Å². The number of hydrogen-bond acceptors (Lipinski definition) is 4. The van der Waals surface area contributed by atoms with Crippen LogP contribution in [0.4, 0.5) is 0 Å². The molecule has 0 spiro atoms. The largest absolute Gasteiger partial charge is 0.497 e. The van der Waals surface area contributed by atoms with E-state index >= 15 is 0 Å². The zero-order valence-electron chi connectivity index (χ0n) is 23.9. The summed E-state index contributed by atoms with van der Waals surface area (Å²) in [6.45, 7) is 20.0. The number of unbranched alkanes of at least 4 members (excludes halogenated alkanes) is 2. The number of ether oxygens (including phenoxy) is 1. The average molecular weight is 478 g/mol. The number of allylic oxidation sites excluding steroid dienone is 4. The van der Waals surface area contributed by atoms with Crippen LogP contribution in [0.5, 0.6) is 0 Å². The van der Waals surface area contributed by atoms with Crippen molar-refractivity contribution in [1.82, 2.24) is 14.7 Å². The minimum atomic E-state index is 0.297. The van der Waals surface area contributed by atoms with Crippen molar-refractivity contribution < 1.29 is 9.53 Å². The third kappa shape index (κ3) is 12.2. The van der Waals surface area contributed by atoms with Crippen LogP contribution in [0.15, 0.2) is 35.6 Å². The maximum absolute atomic E-state index is 13.2. The van der Waals surface area contributed by atoms with Gasteiger partial charge < -0.3 is 14.5 Å². The summed E-state index contributed by atoms with van der Waals surface area (Å²) in [6, 6.07) is 0.417. The zero-order valence-corrected chi connectivity index (χ0v) is 23.9. The first-order valence-corrected chi connectivity index (χ1v) is 13.7. The Bertz CT molecular complexity index is 619. The first-order valence-electron chi connectivity index (χ1n) is 13.7. The Morgan fingerprint density at radius 1 is 1.12 bits per heavy atom. The zero-order chi connectivity index (χ0) is 25.9. The first-order chi connectivity index (χ1) is 16.4. The van der Waals surface area contributed by atoms with E-state index in [1.165, 1.54) is 0 Å². The number of carbonyl (C=O) groups excluding carboxylic acids is 1. The molecule has 0 aliphatic carbocycles. The number of carbonyl (C=O) groups is 1. The summed E-state index contributed by atoms with van der Waals surface area (Å²) in [5, 5.41) is 0. The van der Waals surface area contributed by atoms with E-state index in [1.807, 2.05) is 26.8 Å². The molecule has 1 aliphatic rings. The molecule has 0 aromatic rings. The molecule has 1 fully saturated rings. The number of likely N-dealkylation sites (N-methyl/N-ethyl adjacent to an activating group) is 1. The van der Waals surface area contributed by atoms with Gasteiger partial charge in [-0.1, -0.05) is 65.7 Å². The molecule has 0 N–H and O–H groups in total. The lowest BCUT2D eigenvalue weighted by molar-refractivity contribution is -0.132. The summed E-state index contributed by atoms with van der Waals surface area (Å²) in [5.41, 5.74) is 1.14. The molecule has 1 saturated heterocycles. The summed E-state index contributed by atoms with van der Waals surface area (Å²) in [4.78, 5) is 20.1. The molecular weight excluding hydrogens is 422 g/mol. The fourth-order valence-electron chi connectivity index (χ4n) is 4.17. The molecule has 2 atom stereocenters. The van der Waals surface area contributed by atoms with E-state index in [0.717, 1.165) is 76.2 Å². The van der Waals surface area contributed by atoms with Gasteiger partial charge in [-0.2, -0.15) is 0 Å². The van der Waals surface area contributed by atoms with E-state index in [2.05, 4.69) is 67.7 Å². The summed E-state index contributed by atoms with van der Waals surface area (Å²) in [7, 11) is 3.89. The van der Waals surface area contributed by atoms with Gasteiger partial charge in [-0.25, -0.2) is 0 Å². The quantitative estimate of drug-likeness (QED) is 0.210. The minimum Gasteiger partial charge on any atom is -0.497 e. The van der Waals surface area contributed by atoms with E-state index in [-0.39, 0.29) is 0 Å². The van der Waals surface area contributed by atoms with Gasteiger partial charge in [-0.05, 0) is 64.3 Å². The Balaban J connectivity index is 0.00000529. The van der Waals surface area contributed by atoms with Crippen LogP contribution in [-0.2, 0) is 9.53 Å². The molecule has 5 heteroatoms. The topological polar surface area (TPSA) is 36.0 Å². The third-order valence-electron chi connectivity index (χ3n) is 6.55. The van der Waals surface area contributed by atoms with Crippen LogP contribution in [-0.4, -0.2) is 80.1 Å². The van der Waals surface area contributed by atoms with Crippen LogP contribution in [0.2, 0.25) is 0 Å². The van der Waals surface area contributed by atoms with Gasteiger partial charge in [-0.3, -0.25) is 9.69 Å². The SMILES string of the molecule is CC.C\C=C(C)/C(=C\C=C\C1CC(CN(C)CC)N(CC(=O)N(CCCC)CCCC)C1)OC. The van der Waals surface area contributed by atoms with Crippen molar-refractivity contribution in [3.8, 4) is 0 Å². The summed E-state index contributed by atoms with van der Waals surface area (Å²) >= 11 is 0. The van der Waals surface area contributed by atoms with E-state index in [1.54, 1.807) is 7.11 Å². The highest BCUT2D eigenvalue weighted by Gasteiger charge is 2.33. The predicted octanol–water partition coefficient (Wildman–Crippen LogP) is 6.14. The van der Waals surface area contributed by atoms with Gasteiger partial charge in [0.1, 0.15) is 5.76 Å². The molecule has 1 heterocycles. The normalized spacial score (nSPS) is 19.5. The predicted molar refractivity (Wildman–Crippen MR) is 148 cm³/mol. The molecule has 0 bridgehead atoms.